The van der Waals surface area contributed by atoms with E-state index in [0.717, 1.165) is 58.0 Å². The van der Waals surface area contributed by atoms with Gasteiger partial charge in [-0.2, -0.15) is 0 Å². The lowest BCUT2D eigenvalue weighted by Gasteiger charge is -2.34. The maximum Gasteiger partial charge on any atom is 0.165 e. The van der Waals surface area contributed by atoms with Gasteiger partial charge in [0, 0.05) is 32.4 Å². The molecule has 1 rings (SSSR count). The highest BCUT2D eigenvalue weighted by molar-refractivity contribution is 4.94. The number of nitrogens with zero attached hydrogens (tertiary/aromatic N) is 2. The van der Waals surface area contributed by atoms with Crippen LogP contribution in [0.4, 0.5) is 0 Å². The van der Waals surface area contributed by atoms with E-state index in [1.54, 1.807) is 0 Å². The summed E-state index contributed by atoms with van der Waals surface area (Å²) in [5.41, 5.74) is 0. The quantitative estimate of drug-likeness (QED) is 0.0395. The van der Waals surface area contributed by atoms with Crippen molar-refractivity contribution in [1.82, 2.24) is 9.80 Å². The highest BCUT2D eigenvalue weighted by Crippen LogP contribution is 2.33. The number of hydrogen-bond donors (Lipinski definition) is 1. The molecule has 0 aromatic carbocycles. The molecule has 1 aliphatic rings. The second kappa shape index (κ2) is 34.3. The molecule has 0 bridgehead atoms. The lowest BCUT2D eigenvalue weighted by Crippen LogP contribution is -2.42. The normalized spacial score (nSPS) is 18.7. The summed E-state index contributed by atoms with van der Waals surface area (Å²) in [4.78, 5) is 4.38. The Hall–Kier alpha value is -1.24. The third kappa shape index (κ3) is 29.2. The van der Waals surface area contributed by atoms with Crippen molar-refractivity contribution in [2.24, 2.45) is 0 Å². The molecule has 1 heterocycles. The van der Waals surface area contributed by atoms with Crippen LogP contribution in [0.3, 0.4) is 0 Å². The van der Waals surface area contributed by atoms with Crippen LogP contribution in [0.15, 0.2) is 48.6 Å². The van der Waals surface area contributed by atoms with Crippen molar-refractivity contribution < 1.29 is 14.6 Å². The minimum Gasteiger partial charge on any atom is -0.370 e. The van der Waals surface area contributed by atoms with Crippen molar-refractivity contribution in [1.29, 1.82) is 0 Å². The van der Waals surface area contributed by atoms with Crippen LogP contribution in [0, 0.1) is 0 Å². The van der Waals surface area contributed by atoms with Gasteiger partial charge in [0.25, 0.3) is 0 Å². The van der Waals surface area contributed by atoms with Gasteiger partial charge in [-0.1, -0.05) is 140 Å². The van der Waals surface area contributed by atoms with E-state index < -0.39 is 5.79 Å². The topological polar surface area (TPSA) is 45.2 Å². The van der Waals surface area contributed by atoms with Crippen LogP contribution in [0.25, 0.3) is 0 Å². The van der Waals surface area contributed by atoms with E-state index in [2.05, 4.69) is 100 Å². The van der Waals surface area contributed by atoms with Crippen LogP contribution in [0.5, 0.6) is 0 Å². The van der Waals surface area contributed by atoms with Crippen LogP contribution < -0.4 is 0 Å². The molecule has 5 heteroatoms. The summed E-state index contributed by atoms with van der Waals surface area (Å²) >= 11 is 0. The molecular formula is C47H88N2O3. The summed E-state index contributed by atoms with van der Waals surface area (Å²) < 4.78 is 13.2. The Labute approximate surface area is 324 Å². The Balaban J connectivity index is 2.43. The summed E-state index contributed by atoms with van der Waals surface area (Å²) in [5, 5.41) is 12.0. The van der Waals surface area contributed by atoms with Gasteiger partial charge in [0.05, 0.1) is 18.3 Å². The van der Waals surface area contributed by atoms with Crippen molar-refractivity contribution in [3.05, 3.63) is 48.6 Å². The fourth-order valence-electron chi connectivity index (χ4n) is 7.27. The zero-order chi connectivity index (χ0) is 38.0. The molecule has 1 fully saturated rings. The number of aliphatic hydroxyl groups is 1. The van der Waals surface area contributed by atoms with Gasteiger partial charge in [0.2, 0.25) is 0 Å². The average molecular weight is 729 g/mol. The SMILES string of the molecule is CCCCC/C=C\C/C=C\CCCCCCCCC(O)(CCCCCCCC/C=C\C/C=C\CCCCC)O[C@H]1C[C@@H](CN(C)C)O[C@H]1CN(C)C. The van der Waals surface area contributed by atoms with Gasteiger partial charge in [0.1, 0.15) is 0 Å². The molecule has 0 spiro atoms. The smallest absolute Gasteiger partial charge is 0.165 e. The monoisotopic (exact) mass is 729 g/mol. The standard InChI is InChI=1S/C47H88N2O3/c1-7-9-11-13-15-17-19-21-23-25-27-29-31-33-35-37-39-47(50,52-45-41-44(42-48(3)4)51-46(45)43-49(5)6)40-38-36-34-32-30-28-26-24-22-20-18-16-14-12-10-8-2/h15-18,21-24,44-46,50H,7-14,19-20,25-43H2,1-6H3/b17-15-,18-16-,23-21-,24-22-/t44-,45-,46-/m0/s1. The summed E-state index contributed by atoms with van der Waals surface area (Å²) in [5.74, 6) is -1.06. The average Bonchev–Trinajstić information content (AvgIpc) is 3.45. The first kappa shape index (κ1) is 48.8. The Morgan fingerprint density at radius 2 is 0.923 bits per heavy atom. The van der Waals surface area contributed by atoms with E-state index in [1.807, 2.05) is 0 Å². The first-order valence-electron chi connectivity index (χ1n) is 22.2. The third-order valence-electron chi connectivity index (χ3n) is 10.3. The molecule has 0 aromatic heterocycles. The van der Waals surface area contributed by atoms with Crippen LogP contribution >= 0.6 is 0 Å². The zero-order valence-electron chi connectivity index (χ0n) is 35.5. The molecular weight excluding hydrogens is 641 g/mol. The van der Waals surface area contributed by atoms with Gasteiger partial charge in [-0.25, -0.2) is 0 Å². The fourth-order valence-corrected chi connectivity index (χ4v) is 7.27. The molecule has 0 aromatic rings. The van der Waals surface area contributed by atoms with Gasteiger partial charge in [-0.15, -0.1) is 0 Å². The van der Waals surface area contributed by atoms with Crippen LogP contribution in [-0.2, 0) is 9.47 Å². The molecule has 0 unspecified atom stereocenters. The van der Waals surface area contributed by atoms with Crippen LogP contribution in [0.1, 0.15) is 187 Å². The first-order valence-corrected chi connectivity index (χ1v) is 22.2. The van der Waals surface area contributed by atoms with Crippen molar-refractivity contribution in [2.45, 2.75) is 211 Å². The minimum atomic E-state index is -1.06. The molecule has 3 atom stereocenters. The largest absolute Gasteiger partial charge is 0.370 e. The molecule has 0 amide bonds. The molecule has 0 aliphatic carbocycles. The number of ether oxygens (including phenoxy) is 2. The molecule has 304 valence electrons. The Bertz CT molecular complexity index is 847. The number of unbranched alkanes of at least 4 members (excludes halogenated alkanes) is 18. The molecule has 52 heavy (non-hydrogen) atoms. The fraction of sp³-hybridized carbons (Fsp3) is 0.830. The van der Waals surface area contributed by atoms with E-state index in [-0.39, 0.29) is 18.3 Å². The predicted molar refractivity (Wildman–Crippen MR) is 228 cm³/mol. The van der Waals surface area contributed by atoms with E-state index in [4.69, 9.17) is 9.47 Å². The summed E-state index contributed by atoms with van der Waals surface area (Å²) in [7, 11) is 8.40. The molecule has 1 aliphatic heterocycles. The van der Waals surface area contributed by atoms with Gasteiger partial charge < -0.3 is 24.4 Å². The predicted octanol–water partition coefficient (Wildman–Crippen LogP) is 12.7. The molecule has 1 saturated heterocycles. The number of rotatable bonds is 36. The van der Waals surface area contributed by atoms with Crippen molar-refractivity contribution >= 4 is 0 Å². The maximum absolute atomic E-state index is 12.0. The molecule has 0 saturated carbocycles. The number of hydrogen-bond acceptors (Lipinski definition) is 5. The third-order valence-corrected chi connectivity index (χ3v) is 10.3. The first-order chi connectivity index (χ1) is 25.3. The molecule has 5 nitrogen and oxygen atoms in total. The molecule has 1 N–H and O–H groups in total. The van der Waals surface area contributed by atoms with Gasteiger partial charge >= 0.3 is 0 Å². The van der Waals surface area contributed by atoms with E-state index in [9.17, 15) is 5.11 Å². The summed E-state index contributed by atoms with van der Waals surface area (Å²) in [6.07, 6.45) is 50.6. The number of allylic oxidation sites excluding steroid dienone is 8. The van der Waals surface area contributed by atoms with Crippen molar-refractivity contribution in [2.75, 3.05) is 41.3 Å². The maximum atomic E-state index is 12.0. The van der Waals surface area contributed by atoms with Gasteiger partial charge in [0.15, 0.2) is 5.79 Å². The second-order valence-corrected chi connectivity index (χ2v) is 16.3. The lowest BCUT2D eigenvalue weighted by atomic mass is 9.98. The minimum absolute atomic E-state index is 0.00166. The van der Waals surface area contributed by atoms with Crippen LogP contribution in [0.2, 0.25) is 0 Å². The Kier molecular flexibility index (Phi) is 32.1. The number of likely N-dealkylation sites (N-methyl/N-ethyl adjacent to an activating group) is 2. The summed E-state index contributed by atoms with van der Waals surface area (Å²) in [6, 6.07) is 0. The van der Waals surface area contributed by atoms with Crippen molar-refractivity contribution in [3.63, 3.8) is 0 Å². The van der Waals surface area contributed by atoms with Crippen LogP contribution in [-0.4, -0.2) is 80.3 Å². The van der Waals surface area contributed by atoms with E-state index >= 15 is 0 Å². The highest BCUT2D eigenvalue weighted by atomic mass is 16.6. The second-order valence-electron chi connectivity index (χ2n) is 16.3. The van der Waals surface area contributed by atoms with Gasteiger partial charge in [-0.05, 0) is 105 Å². The Morgan fingerprint density at radius 3 is 1.33 bits per heavy atom. The summed E-state index contributed by atoms with van der Waals surface area (Å²) in [6.45, 7) is 6.23. The van der Waals surface area contributed by atoms with Gasteiger partial charge in [-0.3, -0.25) is 0 Å². The zero-order valence-corrected chi connectivity index (χ0v) is 35.5. The molecule has 0 radical (unpaired) electrons. The van der Waals surface area contributed by atoms with E-state index in [1.165, 1.54) is 128 Å². The van der Waals surface area contributed by atoms with Crippen molar-refractivity contribution in [3.8, 4) is 0 Å². The highest BCUT2D eigenvalue weighted by Gasteiger charge is 2.41. The Morgan fingerprint density at radius 1 is 0.538 bits per heavy atom. The van der Waals surface area contributed by atoms with E-state index in [0.29, 0.717) is 0 Å². The lowest BCUT2D eigenvalue weighted by molar-refractivity contribution is -0.246.